The summed E-state index contributed by atoms with van der Waals surface area (Å²) in [6.45, 7) is 11.4. The maximum Gasteiger partial charge on any atom is 0.160 e. The highest BCUT2D eigenvalue weighted by atomic mass is 35.5. The van der Waals surface area contributed by atoms with Gasteiger partial charge in [-0.2, -0.15) is 0 Å². The van der Waals surface area contributed by atoms with Crippen molar-refractivity contribution in [3.8, 4) is 34.6 Å². The molecule has 4 aliphatic carbocycles. The number of hydrogen-bond donors (Lipinski definition) is 1. The first kappa shape index (κ1) is 36.4. The third-order valence-electron chi connectivity index (χ3n) is 10.1. The number of halogens is 1. The molecule has 5 aromatic rings. The van der Waals surface area contributed by atoms with Gasteiger partial charge in [-0.05, 0) is 136 Å². The van der Waals surface area contributed by atoms with Gasteiger partial charge in [0.2, 0.25) is 0 Å². The summed E-state index contributed by atoms with van der Waals surface area (Å²) in [5.74, 6) is 1.20. The molecule has 0 aliphatic heterocycles. The van der Waals surface area contributed by atoms with E-state index in [4.69, 9.17) is 16.3 Å². The summed E-state index contributed by atoms with van der Waals surface area (Å²) in [5.41, 5.74) is 7.27. The highest BCUT2D eigenvalue weighted by molar-refractivity contribution is 6.31. The zero-order chi connectivity index (χ0) is 36.3. The van der Waals surface area contributed by atoms with Crippen LogP contribution >= 0.6 is 11.6 Å². The second-order valence-corrected chi connectivity index (χ2v) is 14.8. The van der Waals surface area contributed by atoms with Gasteiger partial charge < -0.3 is 9.84 Å². The molecule has 1 N–H and O–H groups in total. The van der Waals surface area contributed by atoms with Crippen LogP contribution in [0.5, 0.6) is 0 Å². The van der Waals surface area contributed by atoms with E-state index in [1.807, 2.05) is 19.9 Å². The minimum atomic E-state index is -1.21. The van der Waals surface area contributed by atoms with Crippen LogP contribution in [0.4, 0.5) is 0 Å². The smallest absolute Gasteiger partial charge is 0.160 e. The SMILES string of the molecule is C#CC.CC.CC12C=CC(C/C=c3/c(-c4ccc5c(c4)C=CCC5)c4ccc(Cl)cc4c(-c4ccc5ccccc5c4)/c3=C/1)C(OC(C)(C)O)C2. The van der Waals surface area contributed by atoms with Crippen LogP contribution in [-0.4, -0.2) is 17.0 Å². The van der Waals surface area contributed by atoms with E-state index in [2.05, 4.69) is 129 Å². The zero-order valence-corrected chi connectivity index (χ0v) is 31.5. The van der Waals surface area contributed by atoms with Crippen LogP contribution in [-0.2, 0) is 11.2 Å². The van der Waals surface area contributed by atoms with Gasteiger partial charge in [0.25, 0.3) is 0 Å². The monoisotopic (exact) mass is 692 g/mol. The van der Waals surface area contributed by atoms with Crippen LogP contribution in [0, 0.1) is 23.7 Å². The second-order valence-electron chi connectivity index (χ2n) is 14.4. The predicted molar refractivity (Wildman–Crippen MR) is 220 cm³/mol. The Bertz CT molecular complexity index is 2310. The lowest BCUT2D eigenvalue weighted by atomic mass is 9.74. The Hall–Kier alpha value is -4.39. The number of terminal acetylenes is 1. The molecular weight excluding hydrogens is 644 g/mol. The van der Waals surface area contributed by atoms with Crippen LogP contribution in [0.15, 0.2) is 97.1 Å². The molecule has 260 valence electrons. The molecule has 2 nitrogen and oxygen atoms in total. The number of rotatable bonds is 4. The van der Waals surface area contributed by atoms with Crippen molar-refractivity contribution in [2.75, 3.05) is 0 Å². The molecule has 4 aliphatic rings. The van der Waals surface area contributed by atoms with E-state index in [0.717, 1.165) is 36.1 Å². The fourth-order valence-corrected chi connectivity index (χ4v) is 8.12. The second kappa shape index (κ2) is 15.1. The van der Waals surface area contributed by atoms with Crippen LogP contribution in [0.1, 0.15) is 71.9 Å². The van der Waals surface area contributed by atoms with Gasteiger partial charge in [0, 0.05) is 16.4 Å². The third-order valence-corrected chi connectivity index (χ3v) is 10.3. The van der Waals surface area contributed by atoms with Crippen molar-refractivity contribution in [1.29, 1.82) is 0 Å². The van der Waals surface area contributed by atoms with Crippen molar-refractivity contribution in [3.05, 3.63) is 124 Å². The van der Waals surface area contributed by atoms with Gasteiger partial charge in [0.1, 0.15) is 0 Å². The van der Waals surface area contributed by atoms with Crippen molar-refractivity contribution < 1.29 is 9.84 Å². The number of benzene rings is 5. The summed E-state index contributed by atoms with van der Waals surface area (Å²) >= 11 is 6.83. The Kier molecular flexibility index (Phi) is 10.8. The molecule has 51 heavy (non-hydrogen) atoms. The number of fused-ring (bicyclic) bond motifs is 5. The Morgan fingerprint density at radius 2 is 1.61 bits per heavy atom. The molecular formula is C48H49ClO2. The van der Waals surface area contributed by atoms with Gasteiger partial charge in [-0.1, -0.05) is 123 Å². The van der Waals surface area contributed by atoms with Crippen molar-refractivity contribution >= 4 is 51.4 Å². The first-order chi connectivity index (χ1) is 24.6. The van der Waals surface area contributed by atoms with Gasteiger partial charge >= 0.3 is 0 Å². The van der Waals surface area contributed by atoms with E-state index in [1.165, 1.54) is 60.0 Å². The standard InChI is InChI=1S/C43H39ClO2.C3H4.C2H6/c1-42(2,45)46-39-26-43(3)21-20-29(39)16-18-36-38(25-43)41(33-15-13-28-9-5-7-11-31(28)23-33)37-24-34(44)17-19-35(37)40(36)32-14-12-27-8-4-6-10-30(27)22-32;1-3-2;1-2/h5-7,9-15,17-25,29,39,45H,4,8,16,26H2,1-3H3;1H,2H3;1-2H3/b36-18+,38-25+;;. The Morgan fingerprint density at radius 1 is 0.902 bits per heavy atom. The molecule has 3 unspecified atom stereocenters. The lowest BCUT2D eigenvalue weighted by Crippen LogP contribution is -2.39. The van der Waals surface area contributed by atoms with Crippen LogP contribution in [0.25, 0.3) is 62.0 Å². The number of aryl methyl sites for hydroxylation is 1. The molecule has 0 amide bonds. The quantitative estimate of drug-likeness (QED) is 0.115. The van der Waals surface area contributed by atoms with Crippen molar-refractivity contribution in [2.45, 2.75) is 79.1 Å². The fourth-order valence-electron chi connectivity index (χ4n) is 7.95. The van der Waals surface area contributed by atoms with E-state index in [1.54, 1.807) is 20.8 Å². The molecule has 0 heterocycles. The van der Waals surface area contributed by atoms with Gasteiger partial charge in [-0.25, -0.2) is 0 Å². The summed E-state index contributed by atoms with van der Waals surface area (Å²) < 4.78 is 6.34. The molecule has 0 fully saturated rings. The molecule has 0 saturated heterocycles. The molecule has 5 aromatic carbocycles. The molecule has 3 heteroatoms. The predicted octanol–water partition coefficient (Wildman–Crippen LogP) is 11.3. The van der Waals surface area contributed by atoms with E-state index in [9.17, 15) is 5.11 Å². The molecule has 9 rings (SSSR count). The maximum absolute atomic E-state index is 10.7. The number of ether oxygens (including phenoxy) is 1. The Morgan fingerprint density at radius 3 is 2.37 bits per heavy atom. The molecule has 2 bridgehead atoms. The zero-order valence-electron chi connectivity index (χ0n) is 30.8. The highest BCUT2D eigenvalue weighted by Crippen LogP contribution is 2.41. The summed E-state index contributed by atoms with van der Waals surface area (Å²) in [6.07, 6.45) is 22.4. The number of allylic oxidation sites excluding steroid dienone is 2. The van der Waals surface area contributed by atoms with E-state index >= 15 is 0 Å². The molecule has 3 atom stereocenters. The summed E-state index contributed by atoms with van der Waals surface area (Å²) in [5, 5.41) is 18.7. The number of aliphatic hydroxyl groups is 1. The first-order valence-corrected chi connectivity index (χ1v) is 18.7. The lowest BCUT2D eigenvalue weighted by molar-refractivity contribution is -0.218. The van der Waals surface area contributed by atoms with Crippen molar-refractivity contribution in [3.63, 3.8) is 0 Å². The van der Waals surface area contributed by atoms with Gasteiger partial charge in [-0.15, -0.1) is 12.3 Å². The average Bonchev–Trinajstić information content (AvgIpc) is 3.21. The maximum atomic E-state index is 10.7. The largest absolute Gasteiger partial charge is 0.366 e. The summed E-state index contributed by atoms with van der Waals surface area (Å²) in [6, 6.07) is 28.8. The van der Waals surface area contributed by atoms with Crippen LogP contribution in [0.2, 0.25) is 5.02 Å². The fraction of sp³-hybridized carbons (Fsp3) is 0.292. The minimum absolute atomic E-state index is 0.109. The summed E-state index contributed by atoms with van der Waals surface area (Å²) in [7, 11) is 0. The minimum Gasteiger partial charge on any atom is -0.366 e. The Balaban J connectivity index is 0.000000853. The number of hydrogen-bond acceptors (Lipinski definition) is 2. The molecule has 0 spiro atoms. The average molecular weight is 693 g/mol. The molecule has 0 saturated carbocycles. The van der Waals surface area contributed by atoms with E-state index in [-0.39, 0.29) is 17.4 Å². The van der Waals surface area contributed by atoms with Gasteiger partial charge in [-0.3, -0.25) is 0 Å². The highest BCUT2D eigenvalue weighted by Gasteiger charge is 2.36. The van der Waals surface area contributed by atoms with Gasteiger partial charge in [0.15, 0.2) is 5.79 Å². The van der Waals surface area contributed by atoms with E-state index < -0.39 is 5.79 Å². The van der Waals surface area contributed by atoms with Crippen LogP contribution in [0.3, 0.4) is 0 Å². The molecule has 0 radical (unpaired) electrons. The van der Waals surface area contributed by atoms with Crippen molar-refractivity contribution in [1.82, 2.24) is 0 Å². The van der Waals surface area contributed by atoms with Gasteiger partial charge in [0.05, 0.1) is 6.10 Å². The first-order valence-electron chi connectivity index (χ1n) is 18.3. The van der Waals surface area contributed by atoms with Crippen molar-refractivity contribution in [2.24, 2.45) is 11.3 Å². The van der Waals surface area contributed by atoms with Crippen LogP contribution < -0.4 is 10.4 Å². The Labute approximate surface area is 308 Å². The summed E-state index contributed by atoms with van der Waals surface area (Å²) in [4.78, 5) is 0. The topological polar surface area (TPSA) is 29.5 Å². The lowest BCUT2D eigenvalue weighted by Gasteiger charge is -2.38. The third kappa shape index (κ3) is 7.63. The normalized spacial score (nSPS) is 21.5. The molecule has 0 aromatic heterocycles. The van der Waals surface area contributed by atoms with E-state index in [0.29, 0.717) is 0 Å².